The lowest BCUT2D eigenvalue weighted by atomic mass is 10.1. The third kappa shape index (κ3) is 3.16. The molecule has 0 bridgehead atoms. The van der Waals surface area contributed by atoms with Gasteiger partial charge in [-0.15, -0.1) is 0 Å². The van der Waals surface area contributed by atoms with E-state index in [1.807, 2.05) is 6.07 Å². The Bertz CT molecular complexity index is 301. The van der Waals surface area contributed by atoms with E-state index < -0.39 is 0 Å². The summed E-state index contributed by atoms with van der Waals surface area (Å²) >= 11 is 5.82. The van der Waals surface area contributed by atoms with Crippen LogP contribution >= 0.6 is 11.6 Å². The number of halogens is 1. The van der Waals surface area contributed by atoms with Crippen molar-refractivity contribution in [3.8, 4) is 0 Å². The fraction of sp³-hybridized carbons (Fsp3) is 0.500. The molecular weight excluding hydrogens is 198 g/mol. The molecule has 4 heteroatoms. The van der Waals surface area contributed by atoms with Gasteiger partial charge in [0.1, 0.15) is 5.82 Å². The number of rotatable bonds is 4. The van der Waals surface area contributed by atoms with Crippen molar-refractivity contribution in [1.29, 1.82) is 0 Å². The Kier molecular flexibility index (Phi) is 4.17. The monoisotopic (exact) mass is 213 g/mol. The molecule has 14 heavy (non-hydrogen) atoms. The zero-order valence-corrected chi connectivity index (χ0v) is 9.09. The summed E-state index contributed by atoms with van der Waals surface area (Å²) in [4.78, 5) is 3.99. The van der Waals surface area contributed by atoms with Gasteiger partial charge in [0, 0.05) is 12.2 Å². The van der Waals surface area contributed by atoms with Crippen LogP contribution in [0.5, 0.6) is 0 Å². The second kappa shape index (κ2) is 5.17. The normalized spacial score (nSPS) is 12.8. The Labute approximate surface area is 89.5 Å². The van der Waals surface area contributed by atoms with Gasteiger partial charge < -0.3 is 11.5 Å². The highest BCUT2D eigenvalue weighted by atomic mass is 35.5. The Morgan fingerprint density at radius 2 is 2.29 bits per heavy atom. The predicted molar refractivity (Wildman–Crippen MR) is 60.2 cm³/mol. The van der Waals surface area contributed by atoms with Crippen LogP contribution in [0.2, 0.25) is 5.02 Å². The van der Waals surface area contributed by atoms with Gasteiger partial charge in [0.05, 0.1) is 5.02 Å². The van der Waals surface area contributed by atoms with Crippen molar-refractivity contribution < 1.29 is 0 Å². The van der Waals surface area contributed by atoms with Crippen LogP contribution in [0.3, 0.4) is 0 Å². The van der Waals surface area contributed by atoms with Gasteiger partial charge in [-0.3, -0.25) is 0 Å². The van der Waals surface area contributed by atoms with E-state index >= 15 is 0 Å². The second-order valence-corrected chi connectivity index (χ2v) is 3.84. The van der Waals surface area contributed by atoms with E-state index in [2.05, 4.69) is 11.9 Å². The van der Waals surface area contributed by atoms with Crippen LogP contribution in [0, 0.1) is 0 Å². The van der Waals surface area contributed by atoms with Crippen LogP contribution < -0.4 is 11.5 Å². The molecule has 0 fully saturated rings. The average molecular weight is 214 g/mol. The van der Waals surface area contributed by atoms with Crippen LogP contribution in [-0.2, 0) is 6.42 Å². The van der Waals surface area contributed by atoms with Gasteiger partial charge in [-0.1, -0.05) is 18.5 Å². The van der Waals surface area contributed by atoms with E-state index in [-0.39, 0.29) is 6.04 Å². The van der Waals surface area contributed by atoms with E-state index in [0.717, 1.165) is 24.8 Å². The van der Waals surface area contributed by atoms with E-state index in [1.165, 1.54) is 0 Å². The fourth-order valence-corrected chi connectivity index (χ4v) is 1.42. The maximum absolute atomic E-state index is 5.82. The molecular formula is C10H16ClN3. The van der Waals surface area contributed by atoms with Crippen molar-refractivity contribution in [3.05, 3.63) is 22.8 Å². The topological polar surface area (TPSA) is 64.9 Å². The number of nitrogen functional groups attached to an aromatic ring is 1. The standard InChI is InChI=1S/C10H16ClN3/c1-2-9(12)4-3-7-5-8(11)6-14-10(7)13/h5-6,9H,2-4,12H2,1H3,(H2,13,14). The maximum atomic E-state index is 5.82. The molecule has 0 saturated heterocycles. The first-order valence-electron chi connectivity index (χ1n) is 4.79. The Morgan fingerprint density at radius 1 is 1.57 bits per heavy atom. The molecule has 4 N–H and O–H groups in total. The van der Waals surface area contributed by atoms with Crippen LogP contribution in [0.4, 0.5) is 5.82 Å². The van der Waals surface area contributed by atoms with Gasteiger partial charge in [-0.25, -0.2) is 4.98 Å². The molecule has 0 aromatic carbocycles. The molecule has 1 aromatic heterocycles. The zero-order valence-electron chi connectivity index (χ0n) is 8.33. The van der Waals surface area contributed by atoms with Gasteiger partial charge in [0.15, 0.2) is 0 Å². The van der Waals surface area contributed by atoms with E-state index in [1.54, 1.807) is 6.20 Å². The highest BCUT2D eigenvalue weighted by molar-refractivity contribution is 6.30. The number of nitrogens with two attached hydrogens (primary N) is 2. The molecule has 0 radical (unpaired) electrons. The molecule has 1 rings (SSSR count). The third-order valence-corrected chi connectivity index (χ3v) is 2.48. The highest BCUT2D eigenvalue weighted by Gasteiger charge is 2.04. The fourth-order valence-electron chi connectivity index (χ4n) is 1.24. The Morgan fingerprint density at radius 3 is 2.93 bits per heavy atom. The molecule has 0 aliphatic carbocycles. The minimum atomic E-state index is 0.230. The summed E-state index contributed by atoms with van der Waals surface area (Å²) in [6.07, 6.45) is 4.30. The van der Waals surface area contributed by atoms with Gasteiger partial charge >= 0.3 is 0 Å². The summed E-state index contributed by atoms with van der Waals surface area (Å²) in [5, 5.41) is 0.624. The lowest BCUT2D eigenvalue weighted by Gasteiger charge is -2.09. The van der Waals surface area contributed by atoms with Crippen LogP contribution in [-0.4, -0.2) is 11.0 Å². The first-order valence-corrected chi connectivity index (χ1v) is 5.16. The largest absolute Gasteiger partial charge is 0.383 e. The molecule has 78 valence electrons. The molecule has 0 aliphatic rings. The minimum Gasteiger partial charge on any atom is -0.383 e. The number of pyridine rings is 1. The number of hydrogen-bond acceptors (Lipinski definition) is 3. The van der Waals surface area contributed by atoms with Gasteiger partial charge in [-0.05, 0) is 30.9 Å². The molecule has 0 amide bonds. The molecule has 1 aromatic rings. The smallest absolute Gasteiger partial charge is 0.126 e. The molecule has 0 saturated carbocycles. The van der Waals surface area contributed by atoms with Crippen molar-refractivity contribution in [3.63, 3.8) is 0 Å². The summed E-state index contributed by atoms with van der Waals surface area (Å²) in [5.74, 6) is 0.553. The van der Waals surface area contributed by atoms with Crippen LogP contribution in [0.15, 0.2) is 12.3 Å². The van der Waals surface area contributed by atoms with Crippen molar-refractivity contribution in [2.24, 2.45) is 5.73 Å². The maximum Gasteiger partial charge on any atom is 0.126 e. The minimum absolute atomic E-state index is 0.230. The molecule has 0 spiro atoms. The number of hydrogen-bond donors (Lipinski definition) is 2. The first-order chi connectivity index (χ1) is 6.63. The zero-order chi connectivity index (χ0) is 10.6. The van der Waals surface area contributed by atoms with Gasteiger partial charge in [-0.2, -0.15) is 0 Å². The number of nitrogens with zero attached hydrogens (tertiary/aromatic N) is 1. The van der Waals surface area contributed by atoms with Crippen molar-refractivity contribution in [2.45, 2.75) is 32.2 Å². The number of anilines is 1. The lowest BCUT2D eigenvalue weighted by Crippen LogP contribution is -2.19. The van der Waals surface area contributed by atoms with Crippen molar-refractivity contribution in [2.75, 3.05) is 5.73 Å². The summed E-state index contributed by atoms with van der Waals surface area (Å²) in [7, 11) is 0. The third-order valence-electron chi connectivity index (χ3n) is 2.28. The average Bonchev–Trinajstić information content (AvgIpc) is 2.19. The predicted octanol–water partition coefficient (Wildman–Crippen LogP) is 1.99. The van der Waals surface area contributed by atoms with E-state index in [0.29, 0.717) is 10.8 Å². The Hall–Kier alpha value is -0.800. The summed E-state index contributed by atoms with van der Waals surface area (Å²) < 4.78 is 0. The van der Waals surface area contributed by atoms with Gasteiger partial charge in [0.2, 0.25) is 0 Å². The molecule has 0 aliphatic heterocycles. The number of aryl methyl sites for hydroxylation is 1. The van der Waals surface area contributed by atoms with Crippen molar-refractivity contribution >= 4 is 17.4 Å². The molecule has 1 heterocycles. The molecule has 1 atom stereocenters. The van der Waals surface area contributed by atoms with Crippen molar-refractivity contribution in [1.82, 2.24) is 4.98 Å². The Balaban J connectivity index is 2.62. The quantitative estimate of drug-likeness (QED) is 0.804. The van der Waals surface area contributed by atoms with Crippen LogP contribution in [0.1, 0.15) is 25.3 Å². The molecule has 1 unspecified atom stereocenters. The summed E-state index contributed by atoms with van der Waals surface area (Å²) in [5.41, 5.74) is 12.5. The SMILES string of the molecule is CCC(N)CCc1cc(Cl)cnc1N. The first kappa shape index (κ1) is 11.3. The highest BCUT2D eigenvalue weighted by Crippen LogP contribution is 2.17. The lowest BCUT2D eigenvalue weighted by molar-refractivity contribution is 0.596. The van der Waals surface area contributed by atoms with E-state index in [9.17, 15) is 0 Å². The van der Waals surface area contributed by atoms with E-state index in [4.69, 9.17) is 23.1 Å². The number of aromatic nitrogens is 1. The molecule has 3 nitrogen and oxygen atoms in total. The summed E-state index contributed by atoms with van der Waals surface area (Å²) in [6, 6.07) is 2.08. The van der Waals surface area contributed by atoms with Gasteiger partial charge in [0.25, 0.3) is 0 Å². The summed E-state index contributed by atoms with van der Waals surface area (Å²) in [6.45, 7) is 2.07. The second-order valence-electron chi connectivity index (χ2n) is 3.40. The van der Waals surface area contributed by atoms with Crippen LogP contribution in [0.25, 0.3) is 0 Å².